The number of benzene rings is 1. The lowest BCUT2D eigenvalue weighted by Crippen LogP contribution is -2.43. The largest absolute Gasteiger partial charge is 0.478 e. The maximum absolute atomic E-state index is 12.6. The van der Waals surface area contributed by atoms with Crippen molar-refractivity contribution >= 4 is 33.5 Å². The van der Waals surface area contributed by atoms with Crippen LogP contribution in [0.25, 0.3) is 0 Å². The molecule has 0 bridgehead atoms. The molecule has 9 heteroatoms. The van der Waals surface area contributed by atoms with Crippen molar-refractivity contribution in [1.29, 1.82) is 0 Å². The van der Waals surface area contributed by atoms with E-state index >= 15 is 0 Å². The van der Waals surface area contributed by atoms with Crippen molar-refractivity contribution in [3.8, 4) is 0 Å². The van der Waals surface area contributed by atoms with Gasteiger partial charge in [0, 0.05) is 6.54 Å². The highest BCUT2D eigenvalue weighted by Gasteiger charge is 2.39. The Morgan fingerprint density at radius 3 is 2.62 bits per heavy atom. The van der Waals surface area contributed by atoms with Crippen molar-refractivity contribution in [2.75, 3.05) is 6.54 Å². The van der Waals surface area contributed by atoms with Crippen LogP contribution in [0.1, 0.15) is 23.2 Å². The normalized spacial score (nSPS) is 19.6. The van der Waals surface area contributed by atoms with E-state index in [1.54, 1.807) is 0 Å². The van der Waals surface area contributed by atoms with E-state index in [-0.39, 0.29) is 22.0 Å². The number of rotatable bonds is 4. The second-order valence-electron chi connectivity index (χ2n) is 4.63. The van der Waals surface area contributed by atoms with Gasteiger partial charge in [-0.15, -0.1) is 0 Å². The van der Waals surface area contributed by atoms with Crippen LogP contribution in [0.15, 0.2) is 23.1 Å². The molecule has 0 saturated carbocycles. The van der Waals surface area contributed by atoms with E-state index in [0.29, 0.717) is 12.8 Å². The highest BCUT2D eigenvalue weighted by molar-refractivity contribution is 7.89. The van der Waals surface area contributed by atoms with Crippen molar-refractivity contribution in [1.82, 2.24) is 4.31 Å². The lowest BCUT2D eigenvalue weighted by molar-refractivity contribution is -0.121. The van der Waals surface area contributed by atoms with E-state index in [4.69, 9.17) is 22.4 Å². The van der Waals surface area contributed by atoms with Crippen LogP contribution in [0.4, 0.5) is 0 Å². The van der Waals surface area contributed by atoms with Crippen LogP contribution in [0.2, 0.25) is 5.02 Å². The van der Waals surface area contributed by atoms with Crippen LogP contribution in [0, 0.1) is 0 Å². The molecule has 1 saturated heterocycles. The zero-order chi connectivity index (χ0) is 15.8. The fourth-order valence-electron chi connectivity index (χ4n) is 2.27. The minimum atomic E-state index is -4.08. The molecule has 1 aromatic rings. The molecular formula is C12H13ClN2O5S. The Morgan fingerprint density at radius 2 is 2.05 bits per heavy atom. The minimum absolute atomic E-state index is 0.102. The fourth-order valence-corrected chi connectivity index (χ4v) is 4.44. The smallest absolute Gasteiger partial charge is 0.335 e. The molecule has 1 aliphatic heterocycles. The van der Waals surface area contributed by atoms with Crippen molar-refractivity contribution < 1.29 is 23.1 Å². The summed E-state index contributed by atoms with van der Waals surface area (Å²) in [4.78, 5) is 22.0. The van der Waals surface area contributed by atoms with E-state index in [1.165, 1.54) is 12.1 Å². The Balaban J connectivity index is 2.51. The maximum atomic E-state index is 12.6. The Morgan fingerprint density at radius 1 is 1.38 bits per heavy atom. The zero-order valence-electron chi connectivity index (χ0n) is 10.8. The number of nitrogens with two attached hydrogens (primary N) is 1. The van der Waals surface area contributed by atoms with E-state index in [2.05, 4.69) is 0 Å². The SMILES string of the molecule is NC(=O)C1CCCN1S(=O)(=O)c1cc(C(=O)O)ccc1Cl. The molecule has 1 aromatic carbocycles. The maximum Gasteiger partial charge on any atom is 0.335 e. The molecule has 0 aliphatic carbocycles. The van der Waals surface area contributed by atoms with E-state index in [1.807, 2.05) is 0 Å². The van der Waals surface area contributed by atoms with E-state index in [9.17, 15) is 18.0 Å². The lowest BCUT2D eigenvalue weighted by Gasteiger charge is -2.22. The molecule has 3 N–H and O–H groups in total. The Labute approximate surface area is 126 Å². The van der Waals surface area contributed by atoms with Crippen molar-refractivity contribution in [3.63, 3.8) is 0 Å². The van der Waals surface area contributed by atoms with Gasteiger partial charge in [0.15, 0.2) is 0 Å². The van der Waals surface area contributed by atoms with Gasteiger partial charge in [0.25, 0.3) is 0 Å². The summed E-state index contributed by atoms with van der Waals surface area (Å²) in [5.74, 6) is -2.00. The van der Waals surface area contributed by atoms with Gasteiger partial charge in [-0.3, -0.25) is 4.79 Å². The number of primary amides is 1. The average molecular weight is 333 g/mol. The van der Waals surface area contributed by atoms with E-state index in [0.717, 1.165) is 10.4 Å². The van der Waals surface area contributed by atoms with Gasteiger partial charge in [-0.05, 0) is 31.0 Å². The predicted molar refractivity (Wildman–Crippen MR) is 74.5 cm³/mol. The van der Waals surface area contributed by atoms with Gasteiger partial charge in [0.05, 0.1) is 10.6 Å². The molecule has 0 spiro atoms. The standard InChI is InChI=1S/C12H13ClN2O5S/c13-8-4-3-7(12(17)18)6-10(8)21(19,20)15-5-1-2-9(15)11(14)16/h3-4,6,9H,1-2,5H2,(H2,14,16)(H,17,18). The number of aromatic carboxylic acids is 1. The van der Waals surface area contributed by atoms with E-state index < -0.39 is 27.9 Å². The highest BCUT2D eigenvalue weighted by atomic mass is 35.5. The van der Waals surface area contributed by atoms with Crippen LogP contribution in [0.3, 0.4) is 0 Å². The summed E-state index contributed by atoms with van der Waals surface area (Å²) in [5.41, 5.74) is 5.01. The Kier molecular flexibility index (Phi) is 4.22. The second kappa shape index (κ2) is 5.63. The first-order valence-electron chi connectivity index (χ1n) is 6.09. The van der Waals surface area contributed by atoms with Crippen LogP contribution in [-0.2, 0) is 14.8 Å². The van der Waals surface area contributed by atoms with Crippen LogP contribution < -0.4 is 5.73 Å². The van der Waals surface area contributed by atoms with Gasteiger partial charge in [-0.1, -0.05) is 11.6 Å². The van der Waals surface area contributed by atoms with Gasteiger partial charge in [0.1, 0.15) is 10.9 Å². The minimum Gasteiger partial charge on any atom is -0.478 e. The van der Waals surface area contributed by atoms with Gasteiger partial charge < -0.3 is 10.8 Å². The molecule has 114 valence electrons. The molecule has 0 aromatic heterocycles. The molecule has 21 heavy (non-hydrogen) atoms. The number of carboxylic acid groups (broad SMARTS) is 1. The molecule has 1 unspecified atom stereocenters. The third-order valence-corrected chi connectivity index (χ3v) is 5.69. The highest BCUT2D eigenvalue weighted by Crippen LogP contribution is 2.30. The summed E-state index contributed by atoms with van der Waals surface area (Å²) in [6.45, 7) is 0.142. The number of nitrogens with zero attached hydrogens (tertiary/aromatic N) is 1. The Bertz CT molecular complexity index is 704. The monoisotopic (exact) mass is 332 g/mol. The van der Waals surface area contributed by atoms with Crippen molar-refractivity contribution in [3.05, 3.63) is 28.8 Å². The van der Waals surface area contributed by atoms with Gasteiger partial charge in [-0.25, -0.2) is 13.2 Å². The molecule has 1 aliphatic rings. The molecule has 7 nitrogen and oxygen atoms in total. The van der Waals surface area contributed by atoms with Gasteiger partial charge in [-0.2, -0.15) is 4.31 Å². The molecule has 2 rings (SSSR count). The van der Waals surface area contributed by atoms with Crippen molar-refractivity contribution in [2.24, 2.45) is 5.73 Å². The summed E-state index contributed by atoms with van der Waals surface area (Å²) in [7, 11) is -4.08. The number of halogens is 1. The average Bonchev–Trinajstić information content (AvgIpc) is 2.88. The quantitative estimate of drug-likeness (QED) is 0.840. The van der Waals surface area contributed by atoms with Crippen LogP contribution >= 0.6 is 11.6 Å². The molecular weight excluding hydrogens is 320 g/mol. The Hall–Kier alpha value is -1.64. The van der Waals surface area contributed by atoms with Crippen molar-refractivity contribution in [2.45, 2.75) is 23.8 Å². The predicted octanol–water partition coefficient (Wildman–Crippen LogP) is 0.677. The van der Waals surface area contributed by atoms with Crippen LogP contribution in [-0.4, -0.2) is 42.3 Å². The molecule has 1 fully saturated rings. The first-order chi connectivity index (χ1) is 9.75. The molecule has 1 atom stereocenters. The van der Waals surface area contributed by atoms with Gasteiger partial charge in [0.2, 0.25) is 15.9 Å². The summed E-state index contributed by atoms with van der Waals surface area (Å²) >= 11 is 5.88. The summed E-state index contributed by atoms with van der Waals surface area (Å²) in [6.07, 6.45) is 0.841. The molecule has 1 heterocycles. The number of hydrogen-bond donors (Lipinski definition) is 2. The molecule has 1 amide bonds. The first kappa shape index (κ1) is 15.7. The second-order valence-corrected chi connectivity index (χ2v) is 6.89. The third kappa shape index (κ3) is 2.87. The number of hydrogen-bond acceptors (Lipinski definition) is 4. The zero-order valence-corrected chi connectivity index (χ0v) is 12.4. The van der Waals surface area contributed by atoms with Gasteiger partial charge >= 0.3 is 5.97 Å². The number of amides is 1. The topological polar surface area (TPSA) is 118 Å². The summed E-state index contributed by atoms with van der Waals surface area (Å²) in [6, 6.07) is 2.46. The number of sulfonamides is 1. The summed E-state index contributed by atoms with van der Waals surface area (Å²) < 4.78 is 26.1. The van der Waals surface area contributed by atoms with Crippen LogP contribution in [0.5, 0.6) is 0 Å². The number of carboxylic acids is 1. The number of carbonyl (C=O) groups excluding carboxylic acids is 1. The lowest BCUT2D eigenvalue weighted by atomic mass is 10.2. The summed E-state index contributed by atoms with van der Waals surface area (Å²) in [5, 5.41) is 8.84. The number of carbonyl (C=O) groups is 2. The fraction of sp³-hybridized carbons (Fsp3) is 0.333. The molecule has 0 radical (unpaired) electrons. The third-order valence-electron chi connectivity index (χ3n) is 3.30. The first-order valence-corrected chi connectivity index (χ1v) is 7.91.